The van der Waals surface area contributed by atoms with Crippen molar-refractivity contribution in [2.24, 2.45) is 4.99 Å². The number of non-ortho nitro benzene ring substituents is 1. The summed E-state index contributed by atoms with van der Waals surface area (Å²) >= 11 is 5.20. The van der Waals surface area contributed by atoms with E-state index < -0.39 is 4.92 Å². The molecule has 0 bridgehead atoms. The normalized spacial score (nSPS) is 18.3. The summed E-state index contributed by atoms with van der Waals surface area (Å²) in [5.74, 6) is 0.973. The maximum atomic E-state index is 10.7. The molecular weight excluding hydrogens is 342 g/mol. The summed E-state index contributed by atoms with van der Waals surface area (Å²) in [7, 11) is 0. The topological polar surface area (TPSA) is 58.7 Å². The number of thioether (sulfide) groups is 1. The largest absolute Gasteiger partial charge is 0.334 e. The van der Waals surface area contributed by atoms with Crippen molar-refractivity contribution in [3.63, 3.8) is 0 Å². The number of hydrogen-bond acceptors (Lipinski definition) is 4. The number of nitro groups is 1. The van der Waals surface area contributed by atoms with Gasteiger partial charge >= 0.3 is 0 Å². The summed E-state index contributed by atoms with van der Waals surface area (Å²) < 4.78 is 0. The van der Waals surface area contributed by atoms with E-state index in [1.807, 2.05) is 13.0 Å². The van der Waals surface area contributed by atoms with Crippen LogP contribution >= 0.6 is 27.7 Å². The lowest BCUT2D eigenvalue weighted by Crippen LogP contribution is -2.30. The van der Waals surface area contributed by atoms with Gasteiger partial charge < -0.3 is 4.90 Å². The van der Waals surface area contributed by atoms with Gasteiger partial charge in [-0.1, -0.05) is 33.8 Å². The zero-order valence-corrected chi connectivity index (χ0v) is 13.4. The van der Waals surface area contributed by atoms with Gasteiger partial charge in [0.25, 0.3) is 5.69 Å². The smallest absolute Gasteiger partial charge is 0.269 e. The molecule has 1 aliphatic rings. The van der Waals surface area contributed by atoms with Gasteiger partial charge in [0.15, 0.2) is 5.17 Å². The molecule has 0 N–H and O–H groups in total. The van der Waals surface area contributed by atoms with Crippen molar-refractivity contribution in [1.29, 1.82) is 0 Å². The average Bonchev–Trinajstić information content (AvgIpc) is 2.88. The predicted molar refractivity (Wildman–Crippen MR) is 87.0 cm³/mol. The molecule has 1 fully saturated rings. The molecule has 1 aromatic rings. The highest BCUT2D eigenvalue weighted by atomic mass is 79.9. The predicted octanol–water partition coefficient (Wildman–Crippen LogP) is 3.85. The third kappa shape index (κ3) is 3.21. The molecule has 1 heterocycles. The minimum Gasteiger partial charge on any atom is -0.334 e. The lowest BCUT2D eigenvalue weighted by atomic mass is 10.2. The van der Waals surface area contributed by atoms with Gasteiger partial charge in [-0.25, -0.2) is 4.99 Å². The van der Waals surface area contributed by atoms with Crippen LogP contribution in [0, 0.1) is 17.0 Å². The van der Waals surface area contributed by atoms with Gasteiger partial charge in [0.05, 0.1) is 10.6 Å². The van der Waals surface area contributed by atoms with Gasteiger partial charge in [-0.05, 0) is 18.6 Å². The summed E-state index contributed by atoms with van der Waals surface area (Å²) in [4.78, 5) is 17.1. The number of aryl methyl sites for hydroxylation is 1. The molecule has 0 aliphatic carbocycles. The standard InChI is InChI=1S/C13H14BrN3O2S/c1-3-12(14)16-6-7-20-13(16)15-11-5-4-10(17(18)19)8-9(11)2/h3-5,8,12H,1,6-7H2,2H3/b15-13+. The zero-order valence-electron chi connectivity index (χ0n) is 11.0. The van der Waals surface area contributed by atoms with Gasteiger partial charge in [0, 0.05) is 24.4 Å². The number of benzene rings is 1. The van der Waals surface area contributed by atoms with Crippen molar-refractivity contribution >= 4 is 44.2 Å². The summed E-state index contributed by atoms with van der Waals surface area (Å²) in [5, 5.41) is 11.6. The Labute approximate surface area is 130 Å². The fourth-order valence-corrected chi connectivity index (χ4v) is 3.39. The second-order valence-electron chi connectivity index (χ2n) is 4.27. The number of aliphatic imine (C=N–C) groups is 1. The maximum absolute atomic E-state index is 10.7. The van der Waals surface area contributed by atoms with Crippen LogP contribution in [0.15, 0.2) is 35.8 Å². The van der Waals surface area contributed by atoms with Gasteiger partial charge in [0.2, 0.25) is 0 Å². The number of hydrogen-bond donors (Lipinski definition) is 0. The van der Waals surface area contributed by atoms with Gasteiger partial charge in [-0.2, -0.15) is 0 Å². The van der Waals surface area contributed by atoms with Crippen molar-refractivity contribution in [3.8, 4) is 0 Å². The van der Waals surface area contributed by atoms with E-state index in [0.29, 0.717) is 0 Å². The van der Waals surface area contributed by atoms with Crippen molar-refractivity contribution in [2.45, 2.75) is 11.9 Å². The highest BCUT2D eigenvalue weighted by molar-refractivity contribution is 9.09. The van der Waals surface area contributed by atoms with Crippen LogP contribution in [0.5, 0.6) is 0 Å². The third-order valence-electron chi connectivity index (χ3n) is 2.91. The Kier molecular flexibility index (Phi) is 4.82. The second-order valence-corrected chi connectivity index (χ2v) is 6.27. The number of rotatable bonds is 4. The van der Waals surface area contributed by atoms with Crippen molar-refractivity contribution in [2.75, 3.05) is 12.3 Å². The first-order valence-corrected chi connectivity index (χ1v) is 7.93. The lowest BCUT2D eigenvalue weighted by Gasteiger charge is -2.21. The molecule has 0 aromatic heterocycles. The molecule has 2 rings (SSSR count). The Hall–Kier alpha value is -1.34. The van der Waals surface area contributed by atoms with E-state index in [2.05, 4.69) is 32.4 Å². The second kappa shape index (κ2) is 6.41. The summed E-state index contributed by atoms with van der Waals surface area (Å²) in [6, 6.07) is 4.71. The van der Waals surface area contributed by atoms with E-state index in [4.69, 9.17) is 0 Å². The Balaban J connectivity index is 2.30. The van der Waals surface area contributed by atoms with Crippen LogP contribution in [0.1, 0.15) is 5.56 Å². The molecule has 1 unspecified atom stereocenters. The molecule has 1 aliphatic heterocycles. The molecule has 1 aromatic carbocycles. The fraction of sp³-hybridized carbons (Fsp3) is 0.308. The summed E-state index contributed by atoms with van der Waals surface area (Å²) in [6.45, 7) is 6.50. The molecule has 0 saturated carbocycles. The average molecular weight is 356 g/mol. The third-order valence-corrected chi connectivity index (χ3v) is 4.75. The summed E-state index contributed by atoms with van der Waals surface area (Å²) in [5.41, 5.74) is 1.64. The molecule has 1 saturated heterocycles. The minimum absolute atomic E-state index is 0.0506. The monoisotopic (exact) mass is 355 g/mol. The van der Waals surface area contributed by atoms with Crippen LogP contribution in [0.25, 0.3) is 0 Å². The van der Waals surface area contributed by atoms with Crippen LogP contribution in [0.4, 0.5) is 11.4 Å². The number of amidine groups is 1. The number of nitro benzene ring substituents is 1. The Morgan fingerprint density at radius 1 is 1.65 bits per heavy atom. The molecule has 1 atom stereocenters. The number of nitrogens with zero attached hydrogens (tertiary/aromatic N) is 3. The highest BCUT2D eigenvalue weighted by Gasteiger charge is 2.24. The molecule has 7 heteroatoms. The number of alkyl halides is 1. The van der Waals surface area contributed by atoms with Crippen LogP contribution in [-0.4, -0.2) is 32.2 Å². The first kappa shape index (κ1) is 15.1. The van der Waals surface area contributed by atoms with Crippen LogP contribution in [0.3, 0.4) is 0 Å². The first-order valence-electron chi connectivity index (χ1n) is 6.02. The Morgan fingerprint density at radius 3 is 3.00 bits per heavy atom. The van der Waals surface area contributed by atoms with E-state index in [1.54, 1.807) is 23.9 Å². The molecule has 0 radical (unpaired) electrons. The van der Waals surface area contributed by atoms with Crippen LogP contribution < -0.4 is 0 Å². The van der Waals surface area contributed by atoms with Crippen molar-refractivity contribution in [3.05, 3.63) is 46.5 Å². The van der Waals surface area contributed by atoms with E-state index in [9.17, 15) is 10.1 Å². The highest BCUT2D eigenvalue weighted by Crippen LogP contribution is 2.29. The molecule has 0 spiro atoms. The molecule has 20 heavy (non-hydrogen) atoms. The van der Waals surface area contributed by atoms with Crippen LogP contribution in [0.2, 0.25) is 0 Å². The number of halogens is 1. The van der Waals surface area contributed by atoms with Gasteiger partial charge in [0.1, 0.15) is 4.95 Å². The van der Waals surface area contributed by atoms with Gasteiger partial charge in [-0.15, -0.1) is 6.58 Å². The summed E-state index contributed by atoms with van der Waals surface area (Å²) in [6.07, 6.45) is 1.81. The van der Waals surface area contributed by atoms with E-state index in [-0.39, 0.29) is 10.6 Å². The van der Waals surface area contributed by atoms with Crippen molar-refractivity contribution < 1.29 is 4.92 Å². The van der Waals surface area contributed by atoms with E-state index in [1.165, 1.54) is 6.07 Å². The first-order chi connectivity index (χ1) is 9.52. The van der Waals surface area contributed by atoms with E-state index in [0.717, 1.165) is 28.7 Å². The quantitative estimate of drug-likeness (QED) is 0.270. The molecule has 0 amide bonds. The van der Waals surface area contributed by atoms with Crippen molar-refractivity contribution in [1.82, 2.24) is 4.90 Å². The maximum Gasteiger partial charge on any atom is 0.269 e. The Morgan fingerprint density at radius 2 is 2.40 bits per heavy atom. The Bertz CT molecular complexity index is 577. The SMILES string of the molecule is C=CC(Br)N1CCS/C1=N/c1ccc([N+](=O)[O-])cc1C. The zero-order chi connectivity index (χ0) is 14.7. The van der Waals surface area contributed by atoms with Crippen LogP contribution in [-0.2, 0) is 0 Å². The molecular formula is C13H14BrN3O2S. The lowest BCUT2D eigenvalue weighted by molar-refractivity contribution is -0.384. The van der Waals surface area contributed by atoms with Gasteiger partial charge in [-0.3, -0.25) is 10.1 Å². The molecule has 5 nitrogen and oxygen atoms in total. The minimum atomic E-state index is -0.396. The fourth-order valence-electron chi connectivity index (χ4n) is 1.85. The molecule has 106 valence electrons. The van der Waals surface area contributed by atoms with E-state index >= 15 is 0 Å².